The molecule has 0 spiro atoms. The van der Waals surface area contributed by atoms with Crippen LogP contribution in [0.3, 0.4) is 0 Å². The molecule has 2 N–H and O–H groups in total. The van der Waals surface area contributed by atoms with Crippen LogP contribution in [0.2, 0.25) is 0 Å². The predicted molar refractivity (Wildman–Crippen MR) is 71.6 cm³/mol. The van der Waals surface area contributed by atoms with Gasteiger partial charge in [0.25, 0.3) is 0 Å². The lowest BCUT2D eigenvalue weighted by atomic mass is 9.99. The first-order chi connectivity index (χ1) is 8.24. The molecule has 0 bridgehead atoms. The van der Waals surface area contributed by atoms with Crippen molar-refractivity contribution in [2.75, 3.05) is 6.61 Å². The Labute approximate surface area is 104 Å². The number of hydrogen-bond acceptors (Lipinski definition) is 2. The van der Waals surface area contributed by atoms with Crippen molar-refractivity contribution in [1.82, 2.24) is 0 Å². The fraction of sp³-hybridized carbons (Fsp3) is 0.600. The van der Waals surface area contributed by atoms with Gasteiger partial charge in [0.1, 0.15) is 5.75 Å². The van der Waals surface area contributed by atoms with Crippen molar-refractivity contribution >= 4 is 0 Å². The summed E-state index contributed by atoms with van der Waals surface area (Å²) >= 11 is 0. The monoisotopic (exact) mass is 233 g/mol. The number of hydrogen-bond donors (Lipinski definition) is 1. The van der Waals surface area contributed by atoms with E-state index in [2.05, 4.69) is 19.1 Å². The quantitative estimate of drug-likeness (QED) is 0.848. The predicted octanol–water partition coefficient (Wildman–Crippen LogP) is 2.85. The van der Waals surface area contributed by atoms with Gasteiger partial charge in [0.15, 0.2) is 0 Å². The summed E-state index contributed by atoms with van der Waals surface area (Å²) in [6, 6.07) is 4.81. The first-order valence-electron chi connectivity index (χ1n) is 6.77. The zero-order chi connectivity index (χ0) is 12.3. The molecule has 0 aliphatic heterocycles. The minimum atomic E-state index is 0.244. The van der Waals surface area contributed by atoms with Gasteiger partial charge in [-0.2, -0.15) is 0 Å². The van der Waals surface area contributed by atoms with Gasteiger partial charge in [-0.3, -0.25) is 0 Å². The van der Waals surface area contributed by atoms with Crippen LogP contribution in [0, 0.1) is 0 Å². The topological polar surface area (TPSA) is 35.2 Å². The van der Waals surface area contributed by atoms with Gasteiger partial charge in [0.2, 0.25) is 0 Å². The molecular formula is C15H23NO. The van der Waals surface area contributed by atoms with E-state index in [1.807, 2.05) is 6.92 Å². The lowest BCUT2D eigenvalue weighted by Crippen LogP contribution is -2.22. The number of nitrogens with two attached hydrogens (primary N) is 1. The van der Waals surface area contributed by atoms with E-state index in [0.717, 1.165) is 25.2 Å². The second-order valence-electron chi connectivity index (χ2n) is 4.89. The number of rotatable bonds is 5. The van der Waals surface area contributed by atoms with Crippen LogP contribution in [0.4, 0.5) is 0 Å². The van der Waals surface area contributed by atoms with Crippen LogP contribution in [0.15, 0.2) is 12.1 Å². The highest BCUT2D eigenvalue weighted by Crippen LogP contribution is 2.30. The third-order valence-corrected chi connectivity index (χ3v) is 3.58. The Hall–Kier alpha value is -1.02. The average Bonchev–Trinajstić information content (AvgIpc) is 2.76. The smallest absolute Gasteiger partial charge is 0.122 e. The van der Waals surface area contributed by atoms with Gasteiger partial charge in [-0.25, -0.2) is 0 Å². The molecule has 0 heterocycles. The Morgan fingerprint density at radius 1 is 1.24 bits per heavy atom. The van der Waals surface area contributed by atoms with Crippen molar-refractivity contribution in [2.45, 2.75) is 52.0 Å². The molecule has 1 aromatic carbocycles. The standard InChI is InChI=1S/C15H23NO/c1-3-14(16)9-13-8-11-6-5-7-12(11)10-15(13)17-4-2/h8,10,14H,3-7,9,16H2,1-2H3. The van der Waals surface area contributed by atoms with Crippen LogP contribution in [0.1, 0.15) is 43.4 Å². The minimum Gasteiger partial charge on any atom is -0.494 e. The molecule has 2 nitrogen and oxygen atoms in total. The number of ether oxygens (including phenoxy) is 1. The van der Waals surface area contributed by atoms with Crippen molar-refractivity contribution < 1.29 is 4.74 Å². The molecule has 0 radical (unpaired) electrons. The maximum absolute atomic E-state index is 6.06. The number of aryl methyl sites for hydroxylation is 2. The van der Waals surface area contributed by atoms with Crippen molar-refractivity contribution in [1.29, 1.82) is 0 Å². The molecule has 1 atom stereocenters. The molecule has 1 aliphatic carbocycles. The maximum Gasteiger partial charge on any atom is 0.122 e. The normalized spacial score (nSPS) is 15.7. The summed E-state index contributed by atoms with van der Waals surface area (Å²) in [7, 11) is 0. The largest absolute Gasteiger partial charge is 0.494 e. The highest BCUT2D eigenvalue weighted by molar-refractivity contribution is 5.45. The van der Waals surface area contributed by atoms with Crippen LogP contribution in [-0.4, -0.2) is 12.6 Å². The van der Waals surface area contributed by atoms with Gasteiger partial charge in [-0.15, -0.1) is 0 Å². The van der Waals surface area contributed by atoms with Crippen LogP contribution >= 0.6 is 0 Å². The first kappa shape index (κ1) is 12.4. The Morgan fingerprint density at radius 3 is 2.59 bits per heavy atom. The first-order valence-corrected chi connectivity index (χ1v) is 6.77. The molecule has 0 fully saturated rings. The summed E-state index contributed by atoms with van der Waals surface area (Å²) in [6.45, 7) is 4.91. The third-order valence-electron chi connectivity index (χ3n) is 3.58. The van der Waals surface area contributed by atoms with Gasteiger partial charge in [-0.05, 0) is 61.8 Å². The van der Waals surface area contributed by atoms with Gasteiger partial charge in [0, 0.05) is 6.04 Å². The molecule has 0 saturated carbocycles. The second-order valence-corrected chi connectivity index (χ2v) is 4.89. The Morgan fingerprint density at radius 2 is 1.94 bits per heavy atom. The Balaban J connectivity index is 2.27. The highest BCUT2D eigenvalue weighted by Gasteiger charge is 2.16. The number of benzene rings is 1. The van der Waals surface area contributed by atoms with E-state index in [-0.39, 0.29) is 6.04 Å². The van der Waals surface area contributed by atoms with Crippen LogP contribution in [0.25, 0.3) is 0 Å². The summed E-state index contributed by atoms with van der Waals surface area (Å²) in [4.78, 5) is 0. The summed E-state index contributed by atoms with van der Waals surface area (Å²) in [6.07, 6.45) is 5.65. The molecule has 2 rings (SSSR count). The zero-order valence-electron chi connectivity index (χ0n) is 11.0. The van der Waals surface area contributed by atoms with Crippen LogP contribution in [0.5, 0.6) is 5.75 Å². The minimum absolute atomic E-state index is 0.244. The molecular weight excluding hydrogens is 210 g/mol. The zero-order valence-corrected chi connectivity index (χ0v) is 11.0. The van der Waals surface area contributed by atoms with Gasteiger partial charge in [-0.1, -0.05) is 13.0 Å². The molecule has 0 amide bonds. The maximum atomic E-state index is 6.06. The van der Waals surface area contributed by atoms with Gasteiger partial charge >= 0.3 is 0 Å². The molecule has 17 heavy (non-hydrogen) atoms. The summed E-state index contributed by atoms with van der Waals surface area (Å²) in [5, 5.41) is 0. The lowest BCUT2D eigenvalue weighted by Gasteiger charge is -2.15. The van der Waals surface area contributed by atoms with E-state index in [9.17, 15) is 0 Å². The average molecular weight is 233 g/mol. The molecule has 0 saturated heterocycles. The highest BCUT2D eigenvalue weighted by atomic mass is 16.5. The van der Waals surface area contributed by atoms with E-state index < -0.39 is 0 Å². The summed E-state index contributed by atoms with van der Waals surface area (Å²) in [5.41, 5.74) is 10.3. The van der Waals surface area contributed by atoms with Gasteiger partial charge in [0.05, 0.1) is 6.61 Å². The molecule has 1 aliphatic rings. The van der Waals surface area contributed by atoms with E-state index >= 15 is 0 Å². The summed E-state index contributed by atoms with van der Waals surface area (Å²) in [5.74, 6) is 1.05. The SMILES string of the molecule is CCOc1cc2c(cc1CC(N)CC)CCC2. The second kappa shape index (κ2) is 5.54. The van der Waals surface area contributed by atoms with Gasteiger partial charge < -0.3 is 10.5 Å². The van der Waals surface area contributed by atoms with Crippen molar-refractivity contribution in [2.24, 2.45) is 5.73 Å². The van der Waals surface area contributed by atoms with Crippen LogP contribution < -0.4 is 10.5 Å². The molecule has 0 aromatic heterocycles. The molecule has 1 aromatic rings. The van der Waals surface area contributed by atoms with Crippen molar-refractivity contribution in [3.63, 3.8) is 0 Å². The van der Waals surface area contributed by atoms with E-state index in [0.29, 0.717) is 0 Å². The fourth-order valence-corrected chi connectivity index (χ4v) is 2.53. The van der Waals surface area contributed by atoms with Crippen LogP contribution in [-0.2, 0) is 19.3 Å². The van der Waals surface area contributed by atoms with E-state index in [1.165, 1.54) is 36.0 Å². The Bertz CT molecular complexity index is 387. The van der Waals surface area contributed by atoms with Crippen molar-refractivity contribution in [3.05, 3.63) is 28.8 Å². The fourth-order valence-electron chi connectivity index (χ4n) is 2.53. The molecule has 94 valence electrons. The van der Waals surface area contributed by atoms with E-state index in [4.69, 9.17) is 10.5 Å². The van der Waals surface area contributed by atoms with Crippen molar-refractivity contribution in [3.8, 4) is 5.75 Å². The Kier molecular flexibility index (Phi) is 4.06. The third kappa shape index (κ3) is 2.81. The lowest BCUT2D eigenvalue weighted by molar-refractivity contribution is 0.335. The number of fused-ring (bicyclic) bond motifs is 1. The summed E-state index contributed by atoms with van der Waals surface area (Å²) < 4.78 is 5.75. The molecule has 1 unspecified atom stereocenters. The van der Waals surface area contributed by atoms with E-state index in [1.54, 1.807) is 0 Å². The molecule has 2 heteroatoms.